The highest BCUT2D eigenvalue weighted by Gasteiger charge is 2.18. The predicted molar refractivity (Wildman–Crippen MR) is 53.7 cm³/mol. The highest BCUT2D eigenvalue weighted by molar-refractivity contribution is 4.91. The highest BCUT2D eigenvalue weighted by atomic mass is 16.3. The summed E-state index contributed by atoms with van der Waals surface area (Å²) in [6, 6.07) is 0. The van der Waals surface area contributed by atoms with Crippen molar-refractivity contribution in [3.8, 4) is 0 Å². The third-order valence-electron chi connectivity index (χ3n) is 2.21. The SMILES string of the molecule is CCC(C)(O)Cn1cc(CNC)nn1. The first-order valence-corrected chi connectivity index (χ1v) is 4.83. The van der Waals surface area contributed by atoms with Gasteiger partial charge in [0, 0.05) is 12.7 Å². The molecule has 1 atom stereocenters. The zero-order valence-corrected chi connectivity index (χ0v) is 8.99. The number of hydrogen-bond acceptors (Lipinski definition) is 4. The van der Waals surface area contributed by atoms with E-state index in [1.54, 1.807) is 11.6 Å². The molecular weight excluding hydrogens is 180 g/mol. The minimum Gasteiger partial charge on any atom is -0.388 e. The summed E-state index contributed by atoms with van der Waals surface area (Å²) in [5.74, 6) is 0. The summed E-state index contributed by atoms with van der Waals surface area (Å²) in [6.07, 6.45) is 2.55. The first-order chi connectivity index (χ1) is 6.57. The number of aromatic nitrogens is 3. The molecule has 1 rings (SSSR count). The molecule has 14 heavy (non-hydrogen) atoms. The van der Waals surface area contributed by atoms with E-state index in [0.29, 0.717) is 19.5 Å². The van der Waals surface area contributed by atoms with Crippen molar-refractivity contribution < 1.29 is 5.11 Å². The van der Waals surface area contributed by atoms with Crippen LogP contribution in [0.5, 0.6) is 0 Å². The van der Waals surface area contributed by atoms with Gasteiger partial charge in [0.1, 0.15) is 0 Å². The van der Waals surface area contributed by atoms with Gasteiger partial charge >= 0.3 is 0 Å². The van der Waals surface area contributed by atoms with Crippen molar-refractivity contribution in [1.82, 2.24) is 20.3 Å². The van der Waals surface area contributed by atoms with E-state index in [-0.39, 0.29) is 0 Å². The van der Waals surface area contributed by atoms with E-state index < -0.39 is 5.60 Å². The molecule has 0 fully saturated rings. The average Bonchev–Trinajstić information content (AvgIpc) is 2.53. The molecular formula is C9H18N4O. The number of rotatable bonds is 5. The van der Waals surface area contributed by atoms with Gasteiger partial charge in [-0.2, -0.15) is 0 Å². The van der Waals surface area contributed by atoms with E-state index in [2.05, 4.69) is 15.6 Å². The maximum absolute atomic E-state index is 9.81. The maximum Gasteiger partial charge on any atom is 0.0964 e. The van der Waals surface area contributed by atoms with Gasteiger partial charge in [0.15, 0.2) is 0 Å². The van der Waals surface area contributed by atoms with Crippen LogP contribution in [0.3, 0.4) is 0 Å². The van der Waals surface area contributed by atoms with E-state index in [0.717, 1.165) is 5.69 Å². The largest absolute Gasteiger partial charge is 0.388 e. The second-order valence-electron chi connectivity index (χ2n) is 3.79. The number of hydrogen-bond donors (Lipinski definition) is 2. The fraction of sp³-hybridized carbons (Fsp3) is 0.778. The smallest absolute Gasteiger partial charge is 0.0964 e. The van der Waals surface area contributed by atoms with Crippen molar-refractivity contribution in [3.05, 3.63) is 11.9 Å². The topological polar surface area (TPSA) is 63.0 Å². The summed E-state index contributed by atoms with van der Waals surface area (Å²) in [6.45, 7) is 4.94. The Morgan fingerprint density at radius 2 is 2.36 bits per heavy atom. The van der Waals surface area contributed by atoms with Gasteiger partial charge < -0.3 is 10.4 Å². The normalized spacial score (nSPS) is 15.4. The molecule has 0 bridgehead atoms. The molecule has 5 heteroatoms. The van der Waals surface area contributed by atoms with Crippen molar-refractivity contribution >= 4 is 0 Å². The molecule has 0 aromatic carbocycles. The van der Waals surface area contributed by atoms with E-state index in [9.17, 15) is 5.11 Å². The van der Waals surface area contributed by atoms with Crippen LogP contribution in [0.2, 0.25) is 0 Å². The van der Waals surface area contributed by atoms with Crippen LogP contribution < -0.4 is 5.32 Å². The van der Waals surface area contributed by atoms with Crippen LogP contribution in [-0.4, -0.2) is 32.7 Å². The fourth-order valence-corrected chi connectivity index (χ4v) is 1.14. The van der Waals surface area contributed by atoms with Crippen molar-refractivity contribution in [1.29, 1.82) is 0 Å². The predicted octanol–water partition coefficient (Wildman–Crippen LogP) is 0.158. The molecule has 1 heterocycles. The molecule has 1 unspecified atom stereocenters. The molecule has 0 saturated heterocycles. The molecule has 0 aliphatic carbocycles. The van der Waals surface area contributed by atoms with Crippen molar-refractivity contribution in [2.75, 3.05) is 7.05 Å². The zero-order chi connectivity index (χ0) is 10.6. The zero-order valence-electron chi connectivity index (χ0n) is 8.99. The van der Waals surface area contributed by atoms with Gasteiger partial charge in [0.25, 0.3) is 0 Å². The first kappa shape index (κ1) is 11.1. The summed E-state index contributed by atoms with van der Waals surface area (Å²) in [4.78, 5) is 0. The summed E-state index contributed by atoms with van der Waals surface area (Å²) >= 11 is 0. The van der Waals surface area contributed by atoms with Crippen molar-refractivity contribution in [2.45, 2.75) is 39.0 Å². The summed E-state index contributed by atoms with van der Waals surface area (Å²) in [5.41, 5.74) is 0.185. The molecule has 0 aliphatic rings. The van der Waals surface area contributed by atoms with Crippen LogP contribution in [0.4, 0.5) is 0 Å². The fourth-order valence-electron chi connectivity index (χ4n) is 1.14. The summed E-state index contributed by atoms with van der Waals surface area (Å²) in [5, 5.41) is 20.7. The Balaban J connectivity index is 2.59. The Hall–Kier alpha value is -0.940. The standard InChI is InChI=1S/C9H18N4O/c1-4-9(2,14)7-13-6-8(5-10-3)11-12-13/h6,10,14H,4-5,7H2,1-3H3. The monoisotopic (exact) mass is 198 g/mol. The van der Waals surface area contributed by atoms with E-state index >= 15 is 0 Å². The van der Waals surface area contributed by atoms with Gasteiger partial charge in [-0.25, -0.2) is 4.68 Å². The minimum absolute atomic E-state index is 0.486. The van der Waals surface area contributed by atoms with Crippen LogP contribution in [0.1, 0.15) is 26.0 Å². The van der Waals surface area contributed by atoms with E-state index in [1.807, 2.05) is 20.2 Å². The number of nitrogens with one attached hydrogen (secondary N) is 1. The van der Waals surface area contributed by atoms with Crippen LogP contribution >= 0.6 is 0 Å². The Kier molecular flexibility index (Phi) is 3.60. The molecule has 5 nitrogen and oxygen atoms in total. The lowest BCUT2D eigenvalue weighted by Crippen LogP contribution is -2.29. The number of aliphatic hydroxyl groups is 1. The Bertz CT molecular complexity index is 282. The first-order valence-electron chi connectivity index (χ1n) is 4.83. The Morgan fingerprint density at radius 3 is 2.93 bits per heavy atom. The second kappa shape index (κ2) is 4.52. The maximum atomic E-state index is 9.81. The molecule has 0 aliphatic heterocycles. The van der Waals surface area contributed by atoms with Crippen LogP contribution in [0.15, 0.2) is 6.20 Å². The van der Waals surface area contributed by atoms with Gasteiger partial charge in [-0.15, -0.1) is 5.10 Å². The van der Waals surface area contributed by atoms with E-state index in [4.69, 9.17) is 0 Å². The molecule has 0 amide bonds. The van der Waals surface area contributed by atoms with Crippen molar-refractivity contribution in [3.63, 3.8) is 0 Å². The summed E-state index contributed by atoms with van der Waals surface area (Å²) in [7, 11) is 1.86. The quantitative estimate of drug-likeness (QED) is 0.707. The molecule has 1 aromatic heterocycles. The molecule has 0 radical (unpaired) electrons. The lowest BCUT2D eigenvalue weighted by molar-refractivity contribution is 0.0339. The van der Waals surface area contributed by atoms with Crippen LogP contribution in [0, 0.1) is 0 Å². The van der Waals surface area contributed by atoms with Crippen LogP contribution in [-0.2, 0) is 13.1 Å². The van der Waals surface area contributed by atoms with Gasteiger partial charge in [-0.05, 0) is 20.4 Å². The molecule has 80 valence electrons. The van der Waals surface area contributed by atoms with Crippen LogP contribution in [0.25, 0.3) is 0 Å². The van der Waals surface area contributed by atoms with Gasteiger partial charge in [0.05, 0.1) is 17.8 Å². The van der Waals surface area contributed by atoms with Gasteiger partial charge in [-0.3, -0.25) is 0 Å². The van der Waals surface area contributed by atoms with E-state index in [1.165, 1.54) is 0 Å². The lowest BCUT2D eigenvalue weighted by Gasteiger charge is -2.20. The molecule has 2 N–H and O–H groups in total. The third-order valence-corrected chi connectivity index (χ3v) is 2.21. The summed E-state index contributed by atoms with van der Waals surface area (Å²) < 4.78 is 1.68. The highest BCUT2D eigenvalue weighted by Crippen LogP contribution is 2.10. The van der Waals surface area contributed by atoms with Crippen molar-refractivity contribution in [2.24, 2.45) is 0 Å². The minimum atomic E-state index is -0.704. The lowest BCUT2D eigenvalue weighted by atomic mass is 10.0. The van der Waals surface area contributed by atoms with Gasteiger partial charge in [0.2, 0.25) is 0 Å². The molecule has 0 spiro atoms. The number of nitrogens with zero attached hydrogens (tertiary/aromatic N) is 3. The van der Waals surface area contributed by atoms with Gasteiger partial charge in [-0.1, -0.05) is 12.1 Å². The second-order valence-corrected chi connectivity index (χ2v) is 3.79. The Morgan fingerprint density at radius 1 is 1.64 bits per heavy atom. The average molecular weight is 198 g/mol. The molecule has 1 aromatic rings. The third kappa shape index (κ3) is 3.08. The molecule has 0 saturated carbocycles. The Labute approximate surface area is 84.1 Å².